The van der Waals surface area contributed by atoms with Crippen molar-refractivity contribution in [3.8, 4) is 0 Å². The molecule has 0 unspecified atom stereocenters. The third kappa shape index (κ3) is 3.93. The lowest BCUT2D eigenvalue weighted by atomic mass is 10.3. The van der Waals surface area contributed by atoms with Gasteiger partial charge in [0.1, 0.15) is 0 Å². The Balaban J connectivity index is 2.71. The zero-order chi connectivity index (χ0) is 14.6. The molecule has 0 bridgehead atoms. The molecule has 0 fully saturated rings. The minimum atomic E-state index is -1.69. The molecule has 0 radical (unpaired) electrons. The summed E-state index contributed by atoms with van der Waals surface area (Å²) in [5, 5.41) is 2.14. The van der Waals surface area contributed by atoms with Crippen molar-refractivity contribution in [1.82, 2.24) is 0 Å². The van der Waals surface area contributed by atoms with Gasteiger partial charge >= 0.3 is 0 Å². The summed E-state index contributed by atoms with van der Waals surface area (Å²) < 4.78 is 7.82. The zero-order valence-corrected chi connectivity index (χ0v) is 16.4. The summed E-state index contributed by atoms with van der Waals surface area (Å²) >= 11 is 5.36. The molecule has 110 valence electrons. The van der Waals surface area contributed by atoms with Crippen LogP contribution in [0.25, 0.3) is 0 Å². The van der Waals surface area contributed by atoms with Crippen LogP contribution in [-0.4, -0.2) is 14.9 Å². The second-order valence-corrected chi connectivity index (χ2v) is 13.8. The van der Waals surface area contributed by atoms with E-state index in [2.05, 4.69) is 68.9 Å². The minimum absolute atomic E-state index is 0.665. The smallest absolute Gasteiger partial charge is 0.200 e. The van der Waals surface area contributed by atoms with Gasteiger partial charge in [-0.1, -0.05) is 41.5 Å². The van der Waals surface area contributed by atoms with Gasteiger partial charge in [0, 0.05) is 6.61 Å². The highest BCUT2D eigenvalue weighted by atomic mass is 79.9. The predicted octanol–water partition coefficient (Wildman–Crippen LogP) is 6.25. The van der Waals surface area contributed by atoms with Gasteiger partial charge in [-0.25, -0.2) is 0 Å². The fraction of sp³-hybridized carbons (Fsp3) is 0.733. The highest BCUT2D eigenvalue weighted by molar-refractivity contribution is 9.11. The summed E-state index contributed by atoms with van der Waals surface area (Å²) in [5.41, 5.74) is 3.37. The van der Waals surface area contributed by atoms with E-state index in [4.69, 9.17) is 4.43 Å². The van der Waals surface area contributed by atoms with Crippen LogP contribution in [0.3, 0.4) is 0 Å². The lowest BCUT2D eigenvalue weighted by molar-refractivity contribution is 0.281. The van der Waals surface area contributed by atoms with E-state index < -0.39 is 8.32 Å². The fourth-order valence-corrected chi connectivity index (χ4v) is 10.1. The van der Waals surface area contributed by atoms with Gasteiger partial charge in [-0.15, -0.1) is 11.3 Å². The molecule has 0 amide bonds. The maximum atomic E-state index is 6.57. The van der Waals surface area contributed by atoms with Crippen molar-refractivity contribution < 1.29 is 4.43 Å². The molecule has 0 aliphatic carbocycles. The summed E-state index contributed by atoms with van der Waals surface area (Å²) in [6.07, 6.45) is 1.02. The first-order chi connectivity index (χ1) is 8.82. The molecule has 0 N–H and O–H groups in total. The Kier molecular flexibility index (Phi) is 6.77. The maximum absolute atomic E-state index is 6.57. The molecule has 0 spiro atoms. The van der Waals surface area contributed by atoms with Crippen LogP contribution >= 0.6 is 27.3 Å². The van der Waals surface area contributed by atoms with Crippen molar-refractivity contribution in [1.29, 1.82) is 0 Å². The Labute approximate surface area is 132 Å². The third-order valence-corrected chi connectivity index (χ3v) is 12.1. The van der Waals surface area contributed by atoms with E-state index in [1.807, 2.05) is 0 Å². The minimum Gasteiger partial charge on any atom is -0.416 e. The number of hydrogen-bond acceptors (Lipinski definition) is 2. The summed E-state index contributed by atoms with van der Waals surface area (Å²) in [6, 6.07) is 2.20. The van der Waals surface area contributed by atoms with Gasteiger partial charge in [0.2, 0.25) is 0 Å². The molecule has 1 aromatic heterocycles. The summed E-state index contributed by atoms with van der Waals surface area (Å²) in [4.78, 5) is 0. The number of hydrogen-bond donors (Lipinski definition) is 0. The Morgan fingerprint density at radius 1 is 1.11 bits per heavy atom. The van der Waals surface area contributed by atoms with Crippen molar-refractivity contribution in [2.24, 2.45) is 0 Å². The van der Waals surface area contributed by atoms with Crippen molar-refractivity contribution in [3.63, 3.8) is 0 Å². The normalized spacial score (nSPS) is 12.9. The first-order valence-corrected chi connectivity index (χ1v) is 11.0. The van der Waals surface area contributed by atoms with Crippen LogP contribution in [0.2, 0.25) is 16.6 Å². The molecular formula is C15H27BrOSSi. The van der Waals surface area contributed by atoms with Gasteiger partial charge in [-0.05, 0) is 56.0 Å². The lowest BCUT2D eigenvalue weighted by Crippen LogP contribution is -2.48. The first kappa shape index (κ1) is 17.4. The highest BCUT2D eigenvalue weighted by Crippen LogP contribution is 2.42. The van der Waals surface area contributed by atoms with Crippen LogP contribution in [0.5, 0.6) is 0 Å². The fourth-order valence-electron chi connectivity index (χ4n) is 3.34. The molecular weight excluding hydrogens is 336 g/mol. The Morgan fingerprint density at radius 2 is 1.63 bits per heavy atom. The van der Waals surface area contributed by atoms with Gasteiger partial charge in [-0.2, -0.15) is 0 Å². The SMILES string of the molecule is CC(C)[Si](OCCc1ccsc1Br)(C(C)C)C(C)C. The average molecular weight is 363 g/mol. The van der Waals surface area contributed by atoms with Crippen molar-refractivity contribution >= 4 is 35.6 Å². The molecule has 0 saturated heterocycles. The van der Waals surface area contributed by atoms with Gasteiger partial charge in [0.15, 0.2) is 8.32 Å². The van der Waals surface area contributed by atoms with Gasteiger partial charge in [0.05, 0.1) is 3.79 Å². The average Bonchev–Trinajstić information content (AvgIpc) is 2.69. The van der Waals surface area contributed by atoms with Crippen LogP contribution in [0.15, 0.2) is 15.2 Å². The number of halogens is 1. The standard InChI is InChI=1S/C15H27BrOSSi/c1-11(2)19(12(3)4,13(5)6)17-9-7-14-8-10-18-15(14)16/h8,10-13H,7,9H2,1-6H3. The van der Waals surface area contributed by atoms with E-state index >= 15 is 0 Å². The largest absolute Gasteiger partial charge is 0.416 e. The van der Waals surface area contributed by atoms with E-state index in [1.165, 1.54) is 9.35 Å². The van der Waals surface area contributed by atoms with E-state index in [0.29, 0.717) is 16.6 Å². The van der Waals surface area contributed by atoms with Crippen molar-refractivity contribution in [2.75, 3.05) is 6.61 Å². The summed E-state index contributed by atoms with van der Waals surface area (Å²) in [7, 11) is -1.69. The van der Waals surface area contributed by atoms with Gasteiger partial charge in [-0.3, -0.25) is 0 Å². The van der Waals surface area contributed by atoms with Crippen LogP contribution in [0.1, 0.15) is 47.1 Å². The Hall–Kier alpha value is 0.357. The molecule has 0 aliphatic heterocycles. The van der Waals surface area contributed by atoms with Gasteiger partial charge < -0.3 is 4.43 Å². The van der Waals surface area contributed by atoms with E-state index in [1.54, 1.807) is 11.3 Å². The van der Waals surface area contributed by atoms with Crippen molar-refractivity contribution in [2.45, 2.75) is 64.6 Å². The molecule has 19 heavy (non-hydrogen) atoms. The molecule has 1 rings (SSSR count). The number of rotatable bonds is 7. The quantitative estimate of drug-likeness (QED) is 0.521. The first-order valence-electron chi connectivity index (χ1n) is 7.18. The van der Waals surface area contributed by atoms with E-state index in [9.17, 15) is 0 Å². The Bertz CT molecular complexity index is 365. The molecule has 4 heteroatoms. The van der Waals surface area contributed by atoms with Crippen LogP contribution in [-0.2, 0) is 10.8 Å². The molecule has 0 saturated carbocycles. The van der Waals surface area contributed by atoms with Crippen LogP contribution in [0, 0.1) is 0 Å². The second kappa shape index (κ2) is 7.39. The molecule has 1 nitrogen and oxygen atoms in total. The monoisotopic (exact) mass is 362 g/mol. The topological polar surface area (TPSA) is 9.23 Å². The van der Waals surface area contributed by atoms with Crippen LogP contribution in [0.4, 0.5) is 0 Å². The van der Waals surface area contributed by atoms with E-state index in [0.717, 1.165) is 13.0 Å². The number of thiophene rings is 1. The van der Waals surface area contributed by atoms with Crippen LogP contribution < -0.4 is 0 Å². The summed E-state index contributed by atoms with van der Waals surface area (Å²) in [5.74, 6) is 0. The lowest BCUT2D eigenvalue weighted by Gasteiger charge is -2.42. The second-order valence-electron chi connectivity index (χ2n) is 6.14. The molecule has 0 atom stereocenters. The molecule has 0 aromatic carbocycles. The maximum Gasteiger partial charge on any atom is 0.200 e. The van der Waals surface area contributed by atoms with Crippen molar-refractivity contribution in [3.05, 3.63) is 20.8 Å². The Morgan fingerprint density at radius 3 is 2.00 bits per heavy atom. The molecule has 1 aromatic rings. The highest BCUT2D eigenvalue weighted by Gasteiger charge is 2.44. The van der Waals surface area contributed by atoms with Gasteiger partial charge in [0.25, 0.3) is 0 Å². The predicted molar refractivity (Wildman–Crippen MR) is 92.7 cm³/mol. The summed E-state index contributed by atoms with van der Waals surface area (Å²) in [6.45, 7) is 14.9. The molecule has 0 aliphatic rings. The molecule has 1 heterocycles. The third-order valence-electron chi connectivity index (χ3n) is 4.12. The van der Waals surface area contributed by atoms with E-state index in [-0.39, 0.29) is 0 Å². The zero-order valence-electron chi connectivity index (χ0n) is 13.0.